The Morgan fingerprint density at radius 3 is 2.20 bits per heavy atom. The summed E-state index contributed by atoms with van der Waals surface area (Å²) in [6.07, 6.45) is 3.56. The summed E-state index contributed by atoms with van der Waals surface area (Å²) in [7, 11) is 0. The molecule has 2 unspecified atom stereocenters. The maximum absolute atomic E-state index is 14.2. The third-order valence-electron chi connectivity index (χ3n) is 8.38. The highest BCUT2D eigenvalue weighted by atomic mass is 16.4. The maximum atomic E-state index is 14.2. The number of carbonyl (C=O) groups excluding carboxylic acids is 4. The minimum absolute atomic E-state index is 0.000496. The number of para-hydroxylation sites is 1. The number of aliphatic carboxylic acids is 1. The quantitative estimate of drug-likeness (QED) is 0.249. The van der Waals surface area contributed by atoms with E-state index in [0.717, 1.165) is 35.3 Å². The smallest absolute Gasteiger partial charge is 0.328 e. The Hall–Kier alpha value is -4.41. The minimum Gasteiger partial charge on any atom is -0.481 e. The van der Waals surface area contributed by atoms with Crippen LogP contribution in [-0.2, 0) is 20.9 Å². The molecule has 0 bridgehead atoms. The van der Waals surface area contributed by atoms with Gasteiger partial charge in [-0.1, -0.05) is 63.4 Å². The molecule has 0 aromatic heterocycles. The van der Waals surface area contributed by atoms with Crippen molar-refractivity contribution in [3.63, 3.8) is 0 Å². The van der Waals surface area contributed by atoms with Gasteiger partial charge in [-0.3, -0.25) is 14.4 Å². The summed E-state index contributed by atoms with van der Waals surface area (Å²) in [5, 5.41) is 17.5. The van der Waals surface area contributed by atoms with E-state index in [1.807, 2.05) is 57.2 Å². The third-order valence-corrected chi connectivity index (χ3v) is 8.38. The van der Waals surface area contributed by atoms with Crippen LogP contribution in [-0.4, -0.2) is 62.4 Å². The van der Waals surface area contributed by atoms with E-state index >= 15 is 0 Å². The minimum atomic E-state index is -1.05. The van der Waals surface area contributed by atoms with Crippen LogP contribution in [0.5, 0.6) is 0 Å². The van der Waals surface area contributed by atoms with E-state index in [2.05, 4.69) is 16.0 Å². The zero-order valence-electron chi connectivity index (χ0n) is 25.9. The summed E-state index contributed by atoms with van der Waals surface area (Å²) < 4.78 is 0. The Balaban J connectivity index is 1.54. The first-order chi connectivity index (χ1) is 20.9. The highest BCUT2D eigenvalue weighted by Crippen LogP contribution is 2.42. The van der Waals surface area contributed by atoms with E-state index in [1.165, 1.54) is 0 Å². The second kappa shape index (κ2) is 13.9. The molecule has 1 spiro atoms. The molecule has 1 heterocycles. The molecule has 0 radical (unpaired) electrons. The number of carbonyl (C=O) groups is 5. The molecule has 1 saturated carbocycles. The number of nitrogens with zero attached hydrogens (tertiary/aromatic N) is 2. The Morgan fingerprint density at radius 2 is 1.59 bits per heavy atom. The van der Waals surface area contributed by atoms with E-state index in [0.29, 0.717) is 24.2 Å². The van der Waals surface area contributed by atoms with E-state index in [1.54, 1.807) is 24.0 Å². The first kappa shape index (κ1) is 32.5. The molecule has 2 aromatic rings. The molecule has 6 amide bonds. The predicted molar refractivity (Wildman–Crippen MR) is 167 cm³/mol. The number of anilines is 2. The summed E-state index contributed by atoms with van der Waals surface area (Å²) in [6, 6.07) is 12.0. The van der Waals surface area contributed by atoms with Crippen molar-refractivity contribution in [2.45, 2.75) is 96.8 Å². The van der Waals surface area contributed by atoms with Crippen molar-refractivity contribution in [3.8, 4) is 0 Å². The molecule has 44 heavy (non-hydrogen) atoms. The van der Waals surface area contributed by atoms with Crippen molar-refractivity contribution in [1.29, 1.82) is 0 Å². The first-order valence-electron chi connectivity index (χ1n) is 15.3. The van der Waals surface area contributed by atoms with Gasteiger partial charge in [0.25, 0.3) is 5.91 Å². The van der Waals surface area contributed by atoms with Crippen molar-refractivity contribution in [2.75, 3.05) is 10.6 Å². The number of benzene rings is 2. The number of hydrogen-bond acceptors (Lipinski definition) is 5. The van der Waals surface area contributed by atoms with Crippen LogP contribution < -0.4 is 16.0 Å². The number of carboxylic acids is 1. The number of amides is 6. The van der Waals surface area contributed by atoms with Gasteiger partial charge in [-0.15, -0.1) is 0 Å². The van der Waals surface area contributed by atoms with E-state index < -0.39 is 35.5 Å². The zero-order valence-corrected chi connectivity index (χ0v) is 25.9. The average Bonchev–Trinajstić information content (AvgIpc) is 3.14. The maximum Gasteiger partial charge on any atom is 0.328 e. The van der Waals surface area contributed by atoms with Gasteiger partial charge in [-0.25, -0.2) is 14.5 Å². The lowest BCUT2D eigenvalue weighted by Crippen LogP contribution is -2.54. The van der Waals surface area contributed by atoms with Gasteiger partial charge in [-0.05, 0) is 68.4 Å². The molecule has 2 aromatic carbocycles. The second-order valence-corrected chi connectivity index (χ2v) is 12.4. The molecule has 1 saturated heterocycles. The molecule has 4 rings (SSSR count). The van der Waals surface area contributed by atoms with E-state index in [9.17, 15) is 24.0 Å². The van der Waals surface area contributed by atoms with Gasteiger partial charge in [0.1, 0.15) is 11.6 Å². The first-order valence-corrected chi connectivity index (χ1v) is 15.3. The molecule has 236 valence electrons. The van der Waals surface area contributed by atoms with Gasteiger partial charge in [0.05, 0.1) is 6.42 Å². The van der Waals surface area contributed by atoms with Gasteiger partial charge >= 0.3 is 18.0 Å². The van der Waals surface area contributed by atoms with Crippen LogP contribution in [0.1, 0.15) is 76.8 Å². The summed E-state index contributed by atoms with van der Waals surface area (Å²) in [6.45, 7) is 7.49. The van der Waals surface area contributed by atoms with E-state index in [-0.39, 0.29) is 37.2 Å². The number of urea groups is 2. The van der Waals surface area contributed by atoms with Crippen LogP contribution in [0.2, 0.25) is 0 Å². The predicted octanol–water partition coefficient (Wildman–Crippen LogP) is 5.50. The Morgan fingerprint density at radius 1 is 0.932 bits per heavy atom. The molecular formula is C33H43N5O6. The topological polar surface area (TPSA) is 148 Å². The molecule has 2 atom stereocenters. The van der Waals surface area contributed by atoms with Crippen molar-refractivity contribution < 1.29 is 29.1 Å². The average molecular weight is 606 g/mol. The Kier molecular flexibility index (Phi) is 10.3. The SMILES string of the molecule is Cc1ccccc1NC(=O)Nc1ccc(CN2C(=O)N(C(CC(C)C)C(=O)NC(C)CC(=O)O)C(=O)C23CCCCC3)cc1. The van der Waals surface area contributed by atoms with Crippen LogP contribution in [0.25, 0.3) is 0 Å². The number of nitrogens with one attached hydrogen (secondary N) is 3. The fourth-order valence-electron chi connectivity index (χ4n) is 6.16. The normalized spacial score (nSPS) is 17.5. The number of rotatable bonds is 11. The van der Waals surface area contributed by atoms with Gasteiger partial charge in [0.15, 0.2) is 0 Å². The largest absolute Gasteiger partial charge is 0.481 e. The van der Waals surface area contributed by atoms with Crippen molar-refractivity contribution in [1.82, 2.24) is 15.1 Å². The Labute approximate surface area is 258 Å². The number of hydrogen-bond donors (Lipinski definition) is 4. The van der Waals surface area contributed by atoms with Crippen molar-refractivity contribution in [3.05, 3.63) is 59.7 Å². The summed E-state index contributed by atoms with van der Waals surface area (Å²) in [4.78, 5) is 68.2. The second-order valence-electron chi connectivity index (χ2n) is 12.4. The van der Waals surface area contributed by atoms with Gasteiger partial charge in [0.2, 0.25) is 5.91 Å². The summed E-state index contributed by atoms with van der Waals surface area (Å²) in [5.41, 5.74) is 1.96. The summed E-state index contributed by atoms with van der Waals surface area (Å²) >= 11 is 0. The van der Waals surface area contributed by atoms with Gasteiger partial charge < -0.3 is 26.0 Å². The highest BCUT2D eigenvalue weighted by molar-refractivity contribution is 6.10. The van der Waals surface area contributed by atoms with Gasteiger partial charge in [-0.2, -0.15) is 0 Å². The molecule has 4 N–H and O–H groups in total. The molecule has 2 aliphatic rings. The number of carboxylic acid groups (broad SMARTS) is 1. The lowest BCUT2D eigenvalue weighted by Gasteiger charge is -2.38. The van der Waals surface area contributed by atoms with Crippen molar-refractivity contribution >= 4 is 41.2 Å². The molecule has 11 heteroatoms. The molecule has 1 aliphatic carbocycles. The van der Waals surface area contributed by atoms with Crippen LogP contribution in [0.15, 0.2) is 48.5 Å². The molecule has 1 aliphatic heterocycles. The lowest BCUT2D eigenvalue weighted by atomic mass is 9.80. The molecular weight excluding hydrogens is 562 g/mol. The molecule has 2 fully saturated rings. The zero-order chi connectivity index (χ0) is 32.0. The van der Waals surface area contributed by atoms with Crippen LogP contribution >= 0.6 is 0 Å². The highest BCUT2D eigenvalue weighted by Gasteiger charge is 2.59. The Bertz CT molecular complexity index is 1390. The summed E-state index contributed by atoms with van der Waals surface area (Å²) in [5.74, 6) is -1.94. The monoisotopic (exact) mass is 605 g/mol. The fraction of sp³-hybridized carbons (Fsp3) is 0.485. The lowest BCUT2D eigenvalue weighted by molar-refractivity contribution is -0.142. The number of aryl methyl sites for hydroxylation is 1. The third kappa shape index (κ3) is 7.38. The standard InChI is InChI=1S/C33H43N5O6/c1-21(2)18-27(29(41)34-23(4)19-28(39)40)38-30(42)33(16-8-5-9-17-33)37(32(38)44)20-24-12-14-25(15-13-24)35-31(43)36-26-11-7-6-10-22(26)3/h6-7,10-15,21,23,27H,5,8-9,16-20H2,1-4H3,(H,34,41)(H,39,40)(H2,35,36,43). The van der Waals surface area contributed by atoms with E-state index in [4.69, 9.17) is 5.11 Å². The van der Waals surface area contributed by atoms with Crippen LogP contribution in [0.3, 0.4) is 0 Å². The van der Waals surface area contributed by atoms with Gasteiger partial charge in [0, 0.05) is 24.0 Å². The number of imide groups is 1. The van der Waals surface area contributed by atoms with Crippen LogP contribution in [0, 0.1) is 12.8 Å². The molecule has 11 nitrogen and oxygen atoms in total. The fourth-order valence-corrected chi connectivity index (χ4v) is 6.16. The van der Waals surface area contributed by atoms with Crippen LogP contribution in [0.4, 0.5) is 21.0 Å². The van der Waals surface area contributed by atoms with Crippen molar-refractivity contribution in [2.24, 2.45) is 5.92 Å².